The summed E-state index contributed by atoms with van der Waals surface area (Å²) in [5.74, 6) is 0.790. The Morgan fingerprint density at radius 3 is 2.88 bits per heavy atom. The number of rotatable bonds is 4. The predicted molar refractivity (Wildman–Crippen MR) is 72.0 cm³/mol. The van der Waals surface area contributed by atoms with Crippen molar-refractivity contribution in [1.29, 1.82) is 0 Å². The Balaban J connectivity index is 2.26. The van der Waals surface area contributed by atoms with Gasteiger partial charge >= 0.3 is 5.97 Å². The molecule has 1 atom stereocenters. The van der Waals surface area contributed by atoms with Gasteiger partial charge in [0.25, 0.3) is 0 Å². The highest BCUT2D eigenvalue weighted by atomic mass is 32.2. The number of thioether (sulfide) groups is 1. The molecule has 1 fully saturated rings. The van der Waals surface area contributed by atoms with Crippen molar-refractivity contribution in [3.63, 3.8) is 0 Å². The Morgan fingerprint density at radius 1 is 1.59 bits per heavy atom. The van der Waals surface area contributed by atoms with Gasteiger partial charge in [-0.1, -0.05) is 13.8 Å². The van der Waals surface area contributed by atoms with Crippen molar-refractivity contribution in [2.45, 2.75) is 38.4 Å². The largest absolute Gasteiger partial charge is 0.477 e. The van der Waals surface area contributed by atoms with E-state index in [0.717, 1.165) is 23.5 Å². The van der Waals surface area contributed by atoms with Gasteiger partial charge in [0, 0.05) is 0 Å². The minimum atomic E-state index is -0.826. The van der Waals surface area contributed by atoms with Crippen LogP contribution in [-0.2, 0) is 6.42 Å². The second kappa shape index (κ2) is 5.40. The lowest BCUT2D eigenvalue weighted by Crippen LogP contribution is -2.02. The number of thiazole rings is 1. The fourth-order valence-corrected chi connectivity index (χ4v) is 4.42. The number of nitrogens with zero attached hydrogens (tertiary/aromatic N) is 1. The summed E-state index contributed by atoms with van der Waals surface area (Å²) in [5, 5.41) is 10.6. The predicted octanol–water partition coefficient (Wildman–Crippen LogP) is 3.61. The third-order valence-electron chi connectivity index (χ3n) is 2.71. The van der Waals surface area contributed by atoms with Crippen LogP contribution in [0.4, 0.5) is 0 Å². The van der Waals surface area contributed by atoms with E-state index in [0.29, 0.717) is 16.0 Å². The van der Waals surface area contributed by atoms with E-state index in [1.807, 2.05) is 11.8 Å². The molecule has 1 aromatic heterocycles. The lowest BCUT2D eigenvalue weighted by Gasteiger charge is -2.03. The molecule has 94 valence electrons. The van der Waals surface area contributed by atoms with Crippen molar-refractivity contribution in [2.75, 3.05) is 5.75 Å². The molecule has 5 heteroatoms. The van der Waals surface area contributed by atoms with Crippen LogP contribution in [0.3, 0.4) is 0 Å². The van der Waals surface area contributed by atoms with Crippen LogP contribution in [0.25, 0.3) is 0 Å². The number of carbonyl (C=O) groups is 1. The zero-order valence-electron chi connectivity index (χ0n) is 10.1. The summed E-state index contributed by atoms with van der Waals surface area (Å²) in [6.07, 6.45) is 3.12. The molecule has 1 unspecified atom stereocenters. The van der Waals surface area contributed by atoms with Crippen molar-refractivity contribution in [2.24, 2.45) is 5.92 Å². The van der Waals surface area contributed by atoms with E-state index in [2.05, 4.69) is 18.8 Å². The normalized spacial score (nSPS) is 20.1. The molecule has 0 bridgehead atoms. The summed E-state index contributed by atoms with van der Waals surface area (Å²) < 4.78 is 0. The molecule has 2 rings (SSSR count). The molecular weight excluding hydrogens is 254 g/mol. The summed E-state index contributed by atoms with van der Waals surface area (Å²) in [6.45, 7) is 4.18. The van der Waals surface area contributed by atoms with Crippen molar-refractivity contribution in [3.8, 4) is 0 Å². The van der Waals surface area contributed by atoms with E-state index in [1.165, 1.54) is 23.5 Å². The summed E-state index contributed by atoms with van der Waals surface area (Å²) in [6, 6.07) is 0. The topological polar surface area (TPSA) is 50.2 Å². The Morgan fingerprint density at radius 2 is 2.35 bits per heavy atom. The van der Waals surface area contributed by atoms with Gasteiger partial charge in [0.2, 0.25) is 0 Å². The highest BCUT2D eigenvalue weighted by Gasteiger charge is 2.25. The molecule has 0 aliphatic carbocycles. The molecule has 2 heterocycles. The number of aromatic nitrogens is 1. The van der Waals surface area contributed by atoms with Crippen LogP contribution in [0.2, 0.25) is 0 Å². The van der Waals surface area contributed by atoms with Crippen LogP contribution in [-0.4, -0.2) is 21.8 Å². The molecule has 0 radical (unpaired) electrons. The molecule has 1 N–H and O–H groups in total. The number of carboxylic acids is 1. The first kappa shape index (κ1) is 12.9. The standard InChI is InChI=1S/C12H17NO2S2/c1-7(2)6-8-10(12(14)15)17-11(13-8)9-4-3-5-16-9/h7,9H,3-6H2,1-2H3,(H,14,15). The Bertz CT molecular complexity index is 409. The van der Waals surface area contributed by atoms with Crippen LogP contribution in [0.15, 0.2) is 0 Å². The number of aromatic carboxylic acids is 1. The zero-order valence-corrected chi connectivity index (χ0v) is 11.7. The molecule has 3 nitrogen and oxygen atoms in total. The summed E-state index contributed by atoms with van der Waals surface area (Å²) in [5.41, 5.74) is 0.778. The molecule has 0 saturated carbocycles. The first-order valence-electron chi connectivity index (χ1n) is 5.92. The van der Waals surface area contributed by atoms with Crippen LogP contribution in [0, 0.1) is 5.92 Å². The summed E-state index contributed by atoms with van der Waals surface area (Å²) in [4.78, 5) is 16.2. The van der Waals surface area contributed by atoms with Gasteiger partial charge in [0.15, 0.2) is 0 Å². The monoisotopic (exact) mass is 271 g/mol. The molecule has 1 aliphatic heterocycles. The average molecular weight is 271 g/mol. The van der Waals surface area contributed by atoms with E-state index in [1.54, 1.807) is 0 Å². The quantitative estimate of drug-likeness (QED) is 0.909. The number of hydrogen-bond donors (Lipinski definition) is 1. The molecule has 0 amide bonds. The maximum atomic E-state index is 11.2. The number of carboxylic acid groups (broad SMARTS) is 1. The summed E-state index contributed by atoms with van der Waals surface area (Å²) in [7, 11) is 0. The molecule has 1 aromatic rings. The van der Waals surface area contributed by atoms with Gasteiger partial charge in [0.1, 0.15) is 9.88 Å². The Kier molecular flexibility index (Phi) is 4.09. The van der Waals surface area contributed by atoms with Crippen LogP contribution < -0.4 is 0 Å². The van der Waals surface area contributed by atoms with Crippen LogP contribution >= 0.6 is 23.1 Å². The second-order valence-corrected chi connectivity index (χ2v) is 7.07. The Hall–Kier alpha value is -0.550. The second-order valence-electron chi connectivity index (χ2n) is 4.73. The van der Waals surface area contributed by atoms with Gasteiger partial charge in [-0.15, -0.1) is 11.3 Å². The fraction of sp³-hybridized carbons (Fsp3) is 0.667. The zero-order chi connectivity index (χ0) is 12.4. The average Bonchev–Trinajstić information content (AvgIpc) is 2.82. The lowest BCUT2D eigenvalue weighted by atomic mass is 10.1. The van der Waals surface area contributed by atoms with Gasteiger partial charge in [-0.05, 0) is 30.9 Å². The van der Waals surface area contributed by atoms with Gasteiger partial charge in [0.05, 0.1) is 10.9 Å². The summed E-state index contributed by atoms with van der Waals surface area (Å²) >= 11 is 3.28. The minimum absolute atomic E-state index is 0.430. The van der Waals surface area contributed by atoms with Crippen molar-refractivity contribution in [3.05, 3.63) is 15.6 Å². The van der Waals surface area contributed by atoms with Gasteiger partial charge < -0.3 is 5.11 Å². The van der Waals surface area contributed by atoms with E-state index in [4.69, 9.17) is 0 Å². The van der Waals surface area contributed by atoms with E-state index >= 15 is 0 Å². The SMILES string of the molecule is CC(C)Cc1nc(C2CCCS2)sc1C(=O)O. The first-order valence-corrected chi connectivity index (χ1v) is 7.79. The molecule has 1 saturated heterocycles. The van der Waals surface area contributed by atoms with Gasteiger partial charge in [-0.2, -0.15) is 11.8 Å². The highest BCUT2D eigenvalue weighted by molar-refractivity contribution is 7.99. The molecule has 1 aliphatic rings. The van der Waals surface area contributed by atoms with Crippen LogP contribution in [0.1, 0.15) is 52.3 Å². The van der Waals surface area contributed by atoms with Crippen molar-refractivity contribution >= 4 is 29.1 Å². The highest BCUT2D eigenvalue weighted by Crippen LogP contribution is 2.42. The van der Waals surface area contributed by atoms with Crippen molar-refractivity contribution in [1.82, 2.24) is 4.98 Å². The van der Waals surface area contributed by atoms with Gasteiger partial charge in [-0.3, -0.25) is 0 Å². The van der Waals surface area contributed by atoms with E-state index < -0.39 is 5.97 Å². The Labute approximate surface area is 110 Å². The van der Waals surface area contributed by atoms with Crippen LogP contribution in [0.5, 0.6) is 0 Å². The molecule has 17 heavy (non-hydrogen) atoms. The van der Waals surface area contributed by atoms with Crippen molar-refractivity contribution < 1.29 is 9.90 Å². The maximum Gasteiger partial charge on any atom is 0.347 e. The maximum absolute atomic E-state index is 11.2. The smallest absolute Gasteiger partial charge is 0.347 e. The first-order chi connectivity index (χ1) is 8.08. The molecular formula is C12H17NO2S2. The van der Waals surface area contributed by atoms with E-state index in [-0.39, 0.29) is 0 Å². The molecule has 0 aromatic carbocycles. The third kappa shape index (κ3) is 3.01. The fourth-order valence-electron chi connectivity index (χ4n) is 1.97. The van der Waals surface area contributed by atoms with Gasteiger partial charge in [-0.25, -0.2) is 9.78 Å². The molecule has 0 spiro atoms. The third-order valence-corrected chi connectivity index (χ3v) is 5.45. The lowest BCUT2D eigenvalue weighted by molar-refractivity contribution is 0.0700. The number of hydrogen-bond acceptors (Lipinski definition) is 4. The minimum Gasteiger partial charge on any atom is -0.477 e. The van der Waals surface area contributed by atoms with E-state index in [9.17, 15) is 9.90 Å².